The fourth-order valence-electron chi connectivity index (χ4n) is 7.39. The quantitative estimate of drug-likeness (QED) is 0.194. The number of hydrogen-bond donors (Lipinski definition) is 0. The summed E-state index contributed by atoms with van der Waals surface area (Å²) in [6, 6.07) is 14.2. The van der Waals surface area contributed by atoms with Crippen molar-refractivity contribution in [3.05, 3.63) is 64.7 Å². The zero-order chi connectivity index (χ0) is 26.0. The van der Waals surface area contributed by atoms with Gasteiger partial charge in [-0.05, 0) is 123 Å². The van der Waals surface area contributed by atoms with Crippen LogP contribution in [-0.2, 0) is 19.6 Å². The summed E-state index contributed by atoms with van der Waals surface area (Å²) in [7, 11) is 1.62. The van der Waals surface area contributed by atoms with Crippen LogP contribution < -0.4 is 4.74 Å². The van der Waals surface area contributed by atoms with E-state index < -0.39 is 6.48 Å². The lowest BCUT2D eigenvalue weighted by Gasteiger charge is -2.57. The lowest BCUT2D eigenvalue weighted by molar-refractivity contribution is -0.231. The first-order valence-electron chi connectivity index (χ1n) is 13.8. The summed E-state index contributed by atoms with van der Waals surface area (Å²) >= 11 is 0. The number of methoxy groups -OCH3 is 1. The summed E-state index contributed by atoms with van der Waals surface area (Å²) in [5.41, 5.74) is 5.48. The normalized spacial score (nSPS) is 27.2. The van der Waals surface area contributed by atoms with Crippen LogP contribution in [0.2, 0.25) is 0 Å². The van der Waals surface area contributed by atoms with Crippen molar-refractivity contribution in [2.75, 3.05) is 20.3 Å². The van der Waals surface area contributed by atoms with Crippen LogP contribution in [0.5, 0.6) is 5.75 Å². The maximum absolute atomic E-state index is 12.0. The van der Waals surface area contributed by atoms with Crippen LogP contribution in [0, 0.1) is 17.8 Å². The maximum atomic E-state index is 12.0. The number of ether oxygens (including phenoxy) is 4. The van der Waals surface area contributed by atoms with Crippen LogP contribution in [0.3, 0.4) is 0 Å². The van der Waals surface area contributed by atoms with E-state index in [0.717, 1.165) is 29.1 Å². The van der Waals surface area contributed by atoms with E-state index in [4.69, 9.17) is 18.9 Å². The maximum Gasteiger partial charge on any atom is 0.338 e. The molecule has 37 heavy (non-hydrogen) atoms. The highest BCUT2D eigenvalue weighted by Gasteiger charge is 2.52. The van der Waals surface area contributed by atoms with Crippen LogP contribution in [0.15, 0.2) is 42.5 Å². The lowest BCUT2D eigenvalue weighted by atomic mass is 9.48. The Kier molecular flexibility index (Phi) is 7.73. The Bertz CT molecular complexity index is 1100. The van der Waals surface area contributed by atoms with E-state index in [9.17, 15) is 4.79 Å². The summed E-state index contributed by atoms with van der Waals surface area (Å²) in [5, 5.41) is 0. The molecule has 4 aliphatic carbocycles. The summed E-state index contributed by atoms with van der Waals surface area (Å²) in [4.78, 5) is 12.0. The highest BCUT2D eigenvalue weighted by Crippen LogP contribution is 2.62. The smallest absolute Gasteiger partial charge is 0.338 e. The van der Waals surface area contributed by atoms with Gasteiger partial charge in [-0.3, -0.25) is 0 Å². The molecule has 5 heteroatoms. The Morgan fingerprint density at radius 2 is 1.57 bits per heavy atom. The van der Waals surface area contributed by atoms with Crippen molar-refractivity contribution in [3.63, 3.8) is 0 Å². The number of rotatable bonds is 10. The Morgan fingerprint density at radius 1 is 0.946 bits per heavy atom. The van der Waals surface area contributed by atoms with Crippen molar-refractivity contribution in [1.29, 1.82) is 0 Å². The van der Waals surface area contributed by atoms with E-state index >= 15 is 0 Å². The number of carbonyl (C=O) groups excluding carboxylic acids is 1. The number of hydrogen-bond acceptors (Lipinski definition) is 5. The molecule has 198 valence electrons. The second-order valence-electron chi connectivity index (χ2n) is 11.2. The summed E-state index contributed by atoms with van der Waals surface area (Å²) < 4.78 is 22.6. The van der Waals surface area contributed by atoms with Gasteiger partial charge in [-0.25, -0.2) is 4.79 Å². The molecular formula is C32H40O5. The molecule has 1 unspecified atom stereocenters. The molecule has 4 bridgehead atoms. The molecule has 4 saturated carbocycles. The van der Waals surface area contributed by atoms with Crippen LogP contribution in [0.4, 0.5) is 0 Å². The van der Waals surface area contributed by atoms with Gasteiger partial charge < -0.3 is 18.9 Å². The number of esters is 1. The standard InChI is InChI=1S/C32H40O5/c1-5-35-30(33)26-9-7-22(8-10-26)13-21(3)27-11-12-29(37-31(34-4)36-6-2)28(17-27)32-18-23-14-24(19-32)16-25(15-23)20-32/h7-13,17,23-25,31H,5-6,14-16,18-20H2,1-4H3/b21-13+. The third-order valence-electron chi connectivity index (χ3n) is 8.57. The van der Waals surface area contributed by atoms with E-state index in [0.29, 0.717) is 18.8 Å². The minimum Gasteiger partial charge on any atom is -0.462 e. The monoisotopic (exact) mass is 504 g/mol. The molecule has 0 radical (unpaired) electrons. The molecule has 1 atom stereocenters. The van der Waals surface area contributed by atoms with Gasteiger partial charge in [-0.1, -0.05) is 24.3 Å². The van der Waals surface area contributed by atoms with Gasteiger partial charge in [0.2, 0.25) is 0 Å². The molecule has 0 heterocycles. The van der Waals surface area contributed by atoms with Crippen LogP contribution in [-0.4, -0.2) is 32.8 Å². The average molecular weight is 505 g/mol. The Balaban J connectivity index is 1.47. The molecule has 0 amide bonds. The molecule has 0 saturated heterocycles. The highest BCUT2D eigenvalue weighted by atomic mass is 16.8. The van der Waals surface area contributed by atoms with Crippen molar-refractivity contribution in [1.82, 2.24) is 0 Å². The van der Waals surface area contributed by atoms with E-state index in [-0.39, 0.29) is 11.4 Å². The van der Waals surface area contributed by atoms with Gasteiger partial charge in [0.1, 0.15) is 5.75 Å². The van der Waals surface area contributed by atoms with E-state index in [1.165, 1.54) is 55.2 Å². The minimum absolute atomic E-state index is 0.173. The molecule has 0 spiro atoms. The fourth-order valence-corrected chi connectivity index (χ4v) is 7.39. The van der Waals surface area contributed by atoms with E-state index in [1.54, 1.807) is 7.11 Å². The zero-order valence-electron chi connectivity index (χ0n) is 22.6. The molecule has 5 nitrogen and oxygen atoms in total. The van der Waals surface area contributed by atoms with Crippen LogP contribution in [0.25, 0.3) is 11.6 Å². The average Bonchev–Trinajstić information content (AvgIpc) is 2.88. The van der Waals surface area contributed by atoms with Gasteiger partial charge in [0.15, 0.2) is 0 Å². The van der Waals surface area contributed by atoms with Gasteiger partial charge in [-0.15, -0.1) is 0 Å². The molecular weight excluding hydrogens is 464 g/mol. The fraction of sp³-hybridized carbons (Fsp3) is 0.531. The summed E-state index contributed by atoms with van der Waals surface area (Å²) in [5.74, 6) is 3.11. The molecule has 2 aromatic rings. The van der Waals surface area contributed by atoms with Crippen molar-refractivity contribution >= 4 is 17.6 Å². The third-order valence-corrected chi connectivity index (χ3v) is 8.57. The first-order valence-corrected chi connectivity index (χ1v) is 13.8. The van der Waals surface area contributed by atoms with Gasteiger partial charge in [0.05, 0.1) is 18.8 Å². The van der Waals surface area contributed by atoms with E-state index in [2.05, 4.69) is 31.2 Å². The second-order valence-corrected chi connectivity index (χ2v) is 11.2. The van der Waals surface area contributed by atoms with E-state index in [1.807, 2.05) is 38.1 Å². The van der Waals surface area contributed by atoms with Gasteiger partial charge in [0, 0.05) is 12.7 Å². The first kappa shape index (κ1) is 26.0. The molecule has 4 aliphatic rings. The molecule has 6 rings (SSSR count). The van der Waals surface area contributed by atoms with Crippen LogP contribution >= 0.6 is 0 Å². The first-order chi connectivity index (χ1) is 17.9. The third kappa shape index (κ3) is 5.49. The van der Waals surface area contributed by atoms with Gasteiger partial charge in [0.25, 0.3) is 0 Å². The second kappa shape index (κ2) is 11.0. The predicted octanol–water partition coefficient (Wildman–Crippen LogP) is 7.24. The topological polar surface area (TPSA) is 54.0 Å². The van der Waals surface area contributed by atoms with Crippen LogP contribution in [0.1, 0.15) is 86.3 Å². The molecule has 0 aliphatic heterocycles. The zero-order valence-corrected chi connectivity index (χ0v) is 22.6. The van der Waals surface area contributed by atoms with Crippen molar-refractivity contribution in [2.24, 2.45) is 17.8 Å². The SMILES string of the molecule is CCOC(=O)c1ccc(/C=C(\C)c2ccc(OC(OC)OCC)c(C34CC5CC(CC(C5)C3)C4)c2)cc1. The Hall–Kier alpha value is -2.63. The Labute approximate surface area is 221 Å². The van der Waals surface area contributed by atoms with Crippen molar-refractivity contribution in [3.8, 4) is 5.75 Å². The molecule has 2 aromatic carbocycles. The highest BCUT2D eigenvalue weighted by molar-refractivity contribution is 5.90. The Morgan fingerprint density at radius 3 is 2.14 bits per heavy atom. The largest absolute Gasteiger partial charge is 0.462 e. The molecule has 4 fully saturated rings. The van der Waals surface area contributed by atoms with Crippen molar-refractivity contribution in [2.45, 2.75) is 71.2 Å². The number of benzene rings is 2. The minimum atomic E-state index is -0.710. The lowest BCUT2D eigenvalue weighted by Crippen LogP contribution is -2.48. The van der Waals surface area contributed by atoms with Gasteiger partial charge >= 0.3 is 12.4 Å². The van der Waals surface area contributed by atoms with Crippen molar-refractivity contribution < 1.29 is 23.7 Å². The summed E-state index contributed by atoms with van der Waals surface area (Å²) in [6.07, 6.45) is 10.1. The number of carbonyl (C=O) groups is 1. The predicted molar refractivity (Wildman–Crippen MR) is 145 cm³/mol. The summed E-state index contributed by atoms with van der Waals surface area (Å²) in [6.45, 7) is 6.11. The van der Waals surface area contributed by atoms with Gasteiger partial charge in [-0.2, -0.15) is 0 Å². The number of allylic oxidation sites excluding steroid dienone is 1. The molecule has 0 N–H and O–H groups in total. The molecule has 0 aromatic heterocycles.